The Morgan fingerprint density at radius 2 is 2.23 bits per heavy atom. The number of carboxylic acid groups (broad SMARTS) is 1. The van der Waals surface area contributed by atoms with Gasteiger partial charge in [-0.1, -0.05) is 26.0 Å². The lowest BCUT2D eigenvalue weighted by Gasteiger charge is -1.96. The molecule has 0 aromatic heterocycles. The van der Waals surface area contributed by atoms with Crippen molar-refractivity contribution in [2.45, 2.75) is 13.8 Å². The Morgan fingerprint density at radius 1 is 1.62 bits per heavy atom. The van der Waals surface area contributed by atoms with Gasteiger partial charge in [-0.3, -0.25) is 4.79 Å². The first kappa shape index (κ1) is 10.6. The van der Waals surface area contributed by atoms with Crippen LogP contribution in [0, 0.1) is 17.3 Å². The second kappa shape index (κ2) is 3.74. The predicted octanol–water partition coefficient (Wildman–Crippen LogP) is 2.26. The van der Waals surface area contributed by atoms with Crippen LogP contribution in [0.25, 0.3) is 0 Å². The third-order valence-electron chi connectivity index (χ3n) is 2.78. The lowest BCUT2D eigenvalue weighted by molar-refractivity contribution is -0.139. The highest BCUT2D eigenvalue weighted by Crippen LogP contribution is 2.58. The molecule has 0 aromatic rings. The van der Waals surface area contributed by atoms with Gasteiger partial charge in [-0.2, -0.15) is 11.8 Å². The van der Waals surface area contributed by atoms with Gasteiger partial charge in [0.05, 0.1) is 5.92 Å². The molecule has 2 atom stereocenters. The molecular formula is C10H16O2S. The molecule has 3 heteroatoms. The van der Waals surface area contributed by atoms with E-state index in [2.05, 4.69) is 12.2 Å². The molecule has 1 saturated carbocycles. The van der Waals surface area contributed by atoms with Crippen molar-refractivity contribution in [3.63, 3.8) is 0 Å². The van der Waals surface area contributed by atoms with E-state index >= 15 is 0 Å². The Labute approximate surface area is 83.4 Å². The maximum Gasteiger partial charge on any atom is 0.307 e. The summed E-state index contributed by atoms with van der Waals surface area (Å²) in [5.74, 6) is 0.366. The highest BCUT2D eigenvalue weighted by Gasteiger charge is 2.60. The number of allylic oxidation sites excluding steroid dienone is 1. The van der Waals surface area contributed by atoms with Crippen LogP contribution in [0.5, 0.6) is 0 Å². The van der Waals surface area contributed by atoms with Gasteiger partial charge in [-0.05, 0) is 17.6 Å². The molecule has 0 spiro atoms. The normalized spacial score (nSPS) is 30.7. The Morgan fingerprint density at radius 3 is 2.62 bits per heavy atom. The Kier molecular flexibility index (Phi) is 3.06. The van der Waals surface area contributed by atoms with Gasteiger partial charge in [0.15, 0.2) is 0 Å². The zero-order chi connectivity index (χ0) is 10.1. The van der Waals surface area contributed by atoms with Crippen LogP contribution < -0.4 is 0 Å². The van der Waals surface area contributed by atoms with Gasteiger partial charge in [0.2, 0.25) is 0 Å². The lowest BCUT2D eigenvalue weighted by Crippen LogP contribution is -2.02. The Balaban J connectivity index is 2.50. The average Bonchev–Trinajstić information content (AvgIpc) is 2.54. The molecular weight excluding hydrogens is 184 g/mol. The van der Waals surface area contributed by atoms with Crippen LogP contribution in [0.2, 0.25) is 0 Å². The summed E-state index contributed by atoms with van der Waals surface area (Å²) in [6.45, 7) is 4.03. The van der Waals surface area contributed by atoms with Gasteiger partial charge in [0.25, 0.3) is 0 Å². The Bertz CT molecular complexity index is 233. The first-order chi connectivity index (χ1) is 6.01. The van der Waals surface area contributed by atoms with E-state index in [9.17, 15) is 4.79 Å². The second-order valence-electron chi connectivity index (χ2n) is 4.05. The van der Waals surface area contributed by atoms with Crippen molar-refractivity contribution in [1.82, 2.24) is 0 Å². The maximum absolute atomic E-state index is 10.8. The summed E-state index contributed by atoms with van der Waals surface area (Å²) in [5.41, 5.74) is -0.0409. The van der Waals surface area contributed by atoms with E-state index in [-0.39, 0.29) is 17.3 Å². The SMILES string of the molecule is CSCC=CC1C(C(=O)O)C1(C)C. The van der Waals surface area contributed by atoms with Crippen molar-refractivity contribution < 1.29 is 9.90 Å². The molecule has 1 aliphatic carbocycles. The number of aliphatic carboxylic acids is 1. The van der Waals surface area contributed by atoms with Crippen LogP contribution in [0.3, 0.4) is 0 Å². The molecule has 1 fully saturated rings. The molecule has 0 amide bonds. The first-order valence-electron chi connectivity index (χ1n) is 4.40. The third-order valence-corrected chi connectivity index (χ3v) is 3.31. The molecule has 2 unspecified atom stereocenters. The average molecular weight is 200 g/mol. The van der Waals surface area contributed by atoms with Crippen molar-refractivity contribution in [3.05, 3.63) is 12.2 Å². The van der Waals surface area contributed by atoms with Crippen molar-refractivity contribution in [2.75, 3.05) is 12.0 Å². The summed E-state index contributed by atoms with van der Waals surface area (Å²) < 4.78 is 0. The molecule has 0 heterocycles. The van der Waals surface area contributed by atoms with Crippen LogP contribution in [-0.2, 0) is 4.79 Å². The van der Waals surface area contributed by atoms with Crippen LogP contribution in [0.1, 0.15) is 13.8 Å². The number of thioether (sulfide) groups is 1. The number of carbonyl (C=O) groups is 1. The molecule has 74 valence electrons. The zero-order valence-corrected chi connectivity index (χ0v) is 9.10. The van der Waals surface area contributed by atoms with Crippen molar-refractivity contribution in [3.8, 4) is 0 Å². The molecule has 1 rings (SSSR count). The van der Waals surface area contributed by atoms with E-state index in [1.807, 2.05) is 20.1 Å². The number of carboxylic acids is 1. The van der Waals surface area contributed by atoms with E-state index in [1.165, 1.54) is 0 Å². The van der Waals surface area contributed by atoms with E-state index in [4.69, 9.17) is 5.11 Å². The van der Waals surface area contributed by atoms with Crippen molar-refractivity contribution >= 4 is 17.7 Å². The molecule has 2 nitrogen and oxygen atoms in total. The van der Waals surface area contributed by atoms with Crippen LogP contribution in [0.15, 0.2) is 12.2 Å². The van der Waals surface area contributed by atoms with Gasteiger partial charge in [0, 0.05) is 5.75 Å². The van der Waals surface area contributed by atoms with E-state index in [1.54, 1.807) is 11.8 Å². The number of hydrogen-bond donors (Lipinski definition) is 1. The van der Waals surface area contributed by atoms with E-state index in [0.29, 0.717) is 0 Å². The lowest BCUT2D eigenvalue weighted by atomic mass is 10.1. The van der Waals surface area contributed by atoms with Crippen LogP contribution in [0.4, 0.5) is 0 Å². The largest absolute Gasteiger partial charge is 0.481 e. The minimum Gasteiger partial charge on any atom is -0.481 e. The minimum atomic E-state index is -0.663. The quantitative estimate of drug-likeness (QED) is 0.707. The van der Waals surface area contributed by atoms with Gasteiger partial charge < -0.3 is 5.11 Å². The molecule has 0 saturated heterocycles. The zero-order valence-electron chi connectivity index (χ0n) is 8.28. The fraction of sp³-hybridized carbons (Fsp3) is 0.700. The summed E-state index contributed by atoms with van der Waals surface area (Å²) in [4.78, 5) is 10.8. The minimum absolute atomic E-state index is 0.0409. The van der Waals surface area contributed by atoms with Gasteiger partial charge >= 0.3 is 5.97 Å². The summed E-state index contributed by atoms with van der Waals surface area (Å²) in [6.07, 6.45) is 6.16. The van der Waals surface area contributed by atoms with E-state index < -0.39 is 5.97 Å². The predicted molar refractivity (Wildman–Crippen MR) is 55.9 cm³/mol. The molecule has 1 aliphatic rings. The molecule has 13 heavy (non-hydrogen) atoms. The van der Waals surface area contributed by atoms with Crippen molar-refractivity contribution in [2.24, 2.45) is 17.3 Å². The Hall–Kier alpha value is -0.440. The highest BCUT2D eigenvalue weighted by atomic mass is 32.2. The number of rotatable bonds is 4. The van der Waals surface area contributed by atoms with Crippen LogP contribution >= 0.6 is 11.8 Å². The molecule has 1 N–H and O–H groups in total. The first-order valence-corrected chi connectivity index (χ1v) is 5.79. The maximum atomic E-state index is 10.8. The third kappa shape index (κ3) is 2.08. The monoisotopic (exact) mass is 200 g/mol. The second-order valence-corrected chi connectivity index (χ2v) is 4.96. The van der Waals surface area contributed by atoms with Gasteiger partial charge in [0.1, 0.15) is 0 Å². The smallest absolute Gasteiger partial charge is 0.307 e. The van der Waals surface area contributed by atoms with Crippen LogP contribution in [-0.4, -0.2) is 23.1 Å². The summed E-state index contributed by atoms with van der Waals surface area (Å²) in [7, 11) is 0. The topological polar surface area (TPSA) is 37.3 Å². The van der Waals surface area contributed by atoms with E-state index in [0.717, 1.165) is 5.75 Å². The summed E-state index contributed by atoms with van der Waals surface area (Å²) in [6, 6.07) is 0. The molecule has 0 aliphatic heterocycles. The molecule has 0 bridgehead atoms. The standard InChI is InChI=1S/C10H16O2S/c1-10(2)7(5-4-6-13-3)8(10)9(11)12/h4-5,7-8H,6H2,1-3H3,(H,11,12). The van der Waals surface area contributed by atoms with Gasteiger partial charge in [-0.25, -0.2) is 0 Å². The fourth-order valence-electron chi connectivity index (χ4n) is 1.81. The van der Waals surface area contributed by atoms with Gasteiger partial charge in [-0.15, -0.1) is 0 Å². The molecule has 0 aromatic carbocycles. The highest BCUT2D eigenvalue weighted by molar-refractivity contribution is 7.98. The van der Waals surface area contributed by atoms with Crippen molar-refractivity contribution in [1.29, 1.82) is 0 Å². The fourth-order valence-corrected chi connectivity index (χ4v) is 2.11. The number of hydrogen-bond acceptors (Lipinski definition) is 2. The summed E-state index contributed by atoms with van der Waals surface area (Å²) >= 11 is 1.75. The molecule has 0 radical (unpaired) electrons. The summed E-state index contributed by atoms with van der Waals surface area (Å²) in [5, 5.41) is 8.88.